The fraction of sp³-hybridized carbons (Fsp3) is 0.750. The standard InChI is InChI=1S/C20H33N3O5.HI/c1-2-24-11-4-9-21-19(22-10-6-17-5-3-12-26-17)23-15-18-16-27-20(28-18)7-13-25-14-8-20;/h3,5,12,18H,2,4,6-11,13-16H2,1H3,(H2,21,22,23);1H. The fourth-order valence-electron chi connectivity index (χ4n) is 3.30. The maximum absolute atomic E-state index is 6.16. The topological polar surface area (TPSA) is 86.5 Å². The third-order valence-corrected chi connectivity index (χ3v) is 4.83. The van der Waals surface area contributed by atoms with Gasteiger partial charge in [0.15, 0.2) is 11.7 Å². The number of aliphatic imine (C=N–C) groups is 1. The molecular formula is C20H34IN3O5. The lowest BCUT2D eigenvalue weighted by Gasteiger charge is -2.31. The minimum absolute atomic E-state index is 0. The Morgan fingerprint density at radius 2 is 2.10 bits per heavy atom. The Labute approximate surface area is 190 Å². The summed E-state index contributed by atoms with van der Waals surface area (Å²) in [5.41, 5.74) is 0. The molecule has 0 saturated carbocycles. The molecule has 0 radical (unpaired) electrons. The molecule has 3 heterocycles. The van der Waals surface area contributed by atoms with Crippen LogP contribution in [0.2, 0.25) is 0 Å². The van der Waals surface area contributed by atoms with Gasteiger partial charge in [-0.1, -0.05) is 0 Å². The van der Waals surface area contributed by atoms with Crippen LogP contribution >= 0.6 is 24.0 Å². The Bertz CT molecular complexity index is 579. The highest BCUT2D eigenvalue weighted by atomic mass is 127. The molecule has 8 nitrogen and oxygen atoms in total. The zero-order valence-corrected chi connectivity index (χ0v) is 19.5. The summed E-state index contributed by atoms with van der Waals surface area (Å²) in [5, 5.41) is 6.73. The van der Waals surface area contributed by atoms with Crippen LogP contribution in [0.25, 0.3) is 0 Å². The van der Waals surface area contributed by atoms with E-state index in [1.54, 1.807) is 6.26 Å². The molecule has 2 aliphatic rings. The van der Waals surface area contributed by atoms with Crippen LogP contribution in [0, 0.1) is 0 Å². The molecule has 9 heteroatoms. The number of rotatable bonds is 10. The lowest BCUT2D eigenvalue weighted by atomic mass is 10.1. The predicted octanol–water partition coefficient (Wildman–Crippen LogP) is 2.32. The van der Waals surface area contributed by atoms with E-state index in [2.05, 4.69) is 10.6 Å². The predicted molar refractivity (Wildman–Crippen MR) is 121 cm³/mol. The van der Waals surface area contributed by atoms with Gasteiger partial charge >= 0.3 is 0 Å². The van der Waals surface area contributed by atoms with Gasteiger partial charge in [-0.2, -0.15) is 0 Å². The SMILES string of the molecule is CCOCCCNC(=NCC1COC2(CCOCC2)O1)NCCc1ccco1.I. The van der Waals surface area contributed by atoms with Gasteiger partial charge in [0.1, 0.15) is 11.9 Å². The number of hydrogen-bond acceptors (Lipinski definition) is 6. The lowest BCUT2D eigenvalue weighted by molar-refractivity contribution is -0.210. The molecule has 2 saturated heterocycles. The molecule has 0 aliphatic carbocycles. The van der Waals surface area contributed by atoms with E-state index in [1.165, 1.54) is 0 Å². The van der Waals surface area contributed by atoms with Crippen LogP contribution < -0.4 is 10.6 Å². The highest BCUT2D eigenvalue weighted by molar-refractivity contribution is 14.0. The summed E-state index contributed by atoms with van der Waals surface area (Å²) >= 11 is 0. The van der Waals surface area contributed by atoms with Crippen LogP contribution in [0.4, 0.5) is 0 Å². The fourth-order valence-corrected chi connectivity index (χ4v) is 3.30. The van der Waals surface area contributed by atoms with Crippen LogP contribution in [-0.2, 0) is 25.4 Å². The normalized spacial score (nSPS) is 21.1. The van der Waals surface area contributed by atoms with E-state index in [-0.39, 0.29) is 30.1 Å². The molecule has 1 atom stereocenters. The van der Waals surface area contributed by atoms with Crippen molar-refractivity contribution in [3.63, 3.8) is 0 Å². The largest absolute Gasteiger partial charge is 0.469 e. The quantitative estimate of drug-likeness (QED) is 0.211. The number of hydrogen-bond donors (Lipinski definition) is 2. The van der Waals surface area contributed by atoms with Crippen molar-refractivity contribution >= 4 is 29.9 Å². The van der Waals surface area contributed by atoms with Crippen molar-refractivity contribution in [1.82, 2.24) is 10.6 Å². The van der Waals surface area contributed by atoms with Crippen LogP contribution in [0.5, 0.6) is 0 Å². The van der Waals surface area contributed by atoms with Gasteiger partial charge in [-0.3, -0.25) is 4.99 Å². The number of nitrogens with zero attached hydrogens (tertiary/aromatic N) is 1. The third-order valence-electron chi connectivity index (χ3n) is 4.83. The van der Waals surface area contributed by atoms with Crippen LogP contribution in [0.3, 0.4) is 0 Å². The Morgan fingerprint density at radius 3 is 2.86 bits per heavy atom. The van der Waals surface area contributed by atoms with Crippen LogP contribution in [-0.4, -0.2) is 70.5 Å². The molecular weight excluding hydrogens is 489 g/mol. The highest BCUT2D eigenvalue weighted by Crippen LogP contribution is 2.33. The second-order valence-corrected chi connectivity index (χ2v) is 7.00. The van der Waals surface area contributed by atoms with Gasteiger partial charge in [-0.05, 0) is 25.5 Å². The number of nitrogens with one attached hydrogen (secondary N) is 2. The molecule has 2 fully saturated rings. The van der Waals surface area contributed by atoms with Crippen molar-refractivity contribution in [2.75, 3.05) is 52.7 Å². The van der Waals surface area contributed by atoms with Gasteiger partial charge in [0.05, 0.1) is 32.6 Å². The molecule has 1 spiro atoms. The van der Waals surface area contributed by atoms with E-state index in [9.17, 15) is 0 Å². The molecule has 166 valence electrons. The molecule has 0 bridgehead atoms. The van der Waals surface area contributed by atoms with Crippen molar-refractivity contribution < 1.29 is 23.4 Å². The second kappa shape index (κ2) is 13.4. The molecule has 2 aliphatic heterocycles. The second-order valence-electron chi connectivity index (χ2n) is 7.00. The van der Waals surface area contributed by atoms with E-state index >= 15 is 0 Å². The number of guanidine groups is 1. The zero-order chi connectivity index (χ0) is 19.5. The van der Waals surface area contributed by atoms with Crippen molar-refractivity contribution in [2.24, 2.45) is 4.99 Å². The maximum atomic E-state index is 6.16. The lowest BCUT2D eigenvalue weighted by Crippen LogP contribution is -2.40. The zero-order valence-electron chi connectivity index (χ0n) is 17.2. The number of halogens is 1. The molecule has 3 rings (SSSR count). The van der Waals surface area contributed by atoms with Crippen molar-refractivity contribution in [2.45, 2.75) is 44.5 Å². The van der Waals surface area contributed by atoms with Crippen LogP contribution in [0.15, 0.2) is 27.8 Å². The maximum Gasteiger partial charge on any atom is 0.191 e. The van der Waals surface area contributed by atoms with E-state index < -0.39 is 5.79 Å². The summed E-state index contributed by atoms with van der Waals surface area (Å²) in [7, 11) is 0. The van der Waals surface area contributed by atoms with E-state index in [4.69, 9.17) is 28.4 Å². The van der Waals surface area contributed by atoms with Gasteiger partial charge in [0.25, 0.3) is 0 Å². The van der Waals surface area contributed by atoms with E-state index in [0.717, 1.165) is 63.7 Å². The van der Waals surface area contributed by atoms with Crippen molar-refractivity contribution in [3.8, 4) is 0 Å². The Kier molecular flexibility index (Phi) is 11.3. The Morgan fingerprint density at radius 1 is 1.28 bits per heavy atom. The average molecular weight is 523 g/mol. The molecule has 2 N–H and O–H groups in total. The third kappa shape index (κ3) is 8.41. The summed E-state index contributed by atoms with van der Waals surface area (Å²) < 4.78 is 28.3. The summed E-state index contributed by atoms with van der Waals surface area (Å²) in [6, 6.07) is 3.88. The van der Waals surface area contributed by atoms with Gasteiger partial charge in [-0.25, -0.2) is 0 Å². The van der Waals surface area contributed by atoms with E-state index in [1.807, 2.05) is 19.1 Å². The summed E-state index contributed by atoms with van der Waals surface area (Å²) in [6.45, 7) is 7.56. The molecule has 0 amide bonds. The molecule has 29 heavy (non-hydrogen) atoms. The van der Waals surface area contributed by atoms with Crippen molar-refractivity contribution in [3.05, 3.63) is 24.2 Å². The van der Waals surface area contributed by atoms with Gasteiger partial charge < -0.3 is 34.0 Å². The number of furan rings is 1. The molecule has 1 aromatic heterocycles. The van der Waals surface area contributed by atoms with Crippen LogP contribution in [0.1, 0.15) is 31.9 Å². The number of ether oxygens (including phenoxy) is 4. The average Bonchev–Trinajstić information content (AvgIpc) is 3.36. The minimum atomic E-state index is -0.462. The molecule has 0 aromatic carbocycles. The van der Waals surface area contributed by atoms with Gasteiger partial charge in [-0.15, -0.1) is 24.0 Å². The Balaban J connectivity index is 0.00000300. The van der Waals surface area contributed by atoms with Gasteiger partial charge in [0, 0.05) is 45.6 Å². The minimum Gasteiger partial charge on any atom is -0.469 e. The summed E-state index contributed by atoms with van der Waals surface area (Å²) in [5.74, 6) is 1.27. The first-order valence-electron chi connectivity index (χ1n) is 10.3. The first-order valence-corrected chi connectivity index (χ1v) is 10.3. The first kappa shape index (κ1) is 24.4. The molecule has 1 unspecified atom stereocenters. The monoisotopic (exact) mass is 523 g/mol. The van der Waals surface area contributed by atoms with Gasteiger partial charge in [0.2, 0.25) is 0 Å². The van der Waals surface area contributed by atoms with E-state index in [0.29, 0.717) is 26.4 Å². The highest BCUT2D eigenvalue weighted by Gasteiger charge is 2.42. The summed E-state index contributed by atoms with van der Waals surface area (Å²) in [6.07, 6.45) is 4.98. The Hall–Kier alpha value is -0.880. The first-order chi connectivity index (χ1) is 13.8. The summed E-state index contributed by atoms with van der Waals surface area (Å²) in [4.78, 5) is 4.71. The molecule has 1 aromatic rings. The smallest absolute Gasteiger partial charge is 0.191 e. The van der Waals surface area contributed by atoms with Crippen molar-refractivity contribution in [1.29, 1.82) is 0 Å².